The summed E-state index contributed by atoms with van der Waals surface area (Å²) in [6, 6.07) is 1.52. The molecule has 0 saturated carbocycles. The fraction of sp³-hybridized carbons (Fsp3) is 0.308. The molecule has 1 rings (SSSR count). The van der Waals surface area contributed by atoms with Crippen molar-refractivity contribution in [2.45, 2.75) is 18.0 Å². The summed E-state index contributed by atoms with van der Waals surface area (Å²) in [4.78, 5) is 10.4. The van der Waals surface area contributed by atoms with Crippen LogP contribution in [-0.2, 0) is 10.4 Å². The summed E-state index contributed by atoms with van der Waals surface area (Å²) in [7, 11) is 0.970. The molecule has 0 aliphatic rings. The monoisotopic (exact) mass is 344 g/mol. The van der Waals surface area contributed by atoms with Gasteiger partial charge in [0.05, 0.1) is 7.11 Å². The number of hydrogen-bond donors (Lipinski definition) is 2. The average Bonchev–Trinajstić information content (AvgIpc) is 2.41. The zero-order chi connectivity index (χ0) is 18.1. The Morgan fingerprint density at radius 1 is 1.13 bits per heavy atom. The normalized spacial score (nSPS) is 13.4. The first kappa shape index (κ1) is 18.8. The van der Waals surface area contributed by atoms with Gasteiger partial charge >= 0.3 is 18.3 Å². The number of carbonyl (C=O) groups is 1. The van der Waals surface area contributed by atoms with Gasteiger partial charge in [0.25, 0.3) is 5.60 Å². The molecule has 0 unspecified atom stereocenters. The van der Waals surface area contributed by atoms with E-state index in [0.717, 1.165) is 19.3 Å². The summed E-state index contributed by atoms with van der Waals surface area (Å²) in [5.41, 5.74) is -6.66. The highest BCUT2D eigenvalue weighted by Gasteiger charge is 2.71. The second kappa shape index (κ2) is 6.11. The fourth-order valence-electron chi connectivity index (χ4n) is 1.72. The third-order valence-electron chi connectivity index (χ3n) is 2.88. The van der Waals surface area contributed by atoms with E-state index in [1.807, 2.05) is 0 Å². The zero-order valence-electron chi connectivity index (χ0n) is 11.4. The molecule has 0 aromatic heterocycles. The van der Waals surface area contributed by atoms with Crippen molar-refractivity contribution in [1.82, 2.24) is 0 Å². The summed E-state index contributed by atoms with van der Waals surface area (Å²) in [5.74, 6) is -1.84. The first-order chi connectivity index (χ1) is 10.3. The van der Waals surface area contributed by atoms with Crippen molar-refractivity contribution in [1.29, 1.82) is 0 Å². The van der Waals surface area contributed by atoms with Crippen molar-refractivity contribution in [3.05, 3.63) is 35.4 Å². The number of methoxy groups -OCH3 is 1. The molecule has 4 nitrogen and oxygen atoms in total. The summed E-state index contributed by atoms with van der Waals surface area (Å²) in [6.45, 7) is 0. The van der Waals surface area contributed by atoms with Crippen LogP contribution in [0.4, 0.5) is 26.3 Å². The van der Waals surface area contributed by atoms with Gasteiger partial charge in [-0.25, -0.2) is 4.79 Å². The first-order valence-corrected chi connectivity index (χ1v) is 5.80. The lowest BCUT2D eigenvalue weighted by atomic mass is 9.91. The molecule has 1 aromatic carbocycles. The maximum atomic E-state index is 12.8. The number of benzene rings is 1. The van der Waals surface area contributed by atoms with Gasteiger partial charge in [0, 0.05) is 17.2 Å². The number of rotatable bonds is 4. The maximum absolute atomic E-state index is 12.8. The van der Waals surface area contributed by atoms with E-state index in [1.165, 1.54) is 0 Å². The van der Waals surface area contributed by atoms with Gasteiger partial charge in [0.2, 0.25) is 0 Å². The smallest absolute Gasteiger partial charge is 0.430 e. The molecule has 0 amide bonds. The van der Waals surface area contributed by atoms with Crippen molar-refractivity contribution in [2.75, 3.05) is 7.11 Å². The number of alkyl halides is 6. The van der Waals surface area contributed by atoms with E-state index in [1.54, 1.807) is 0 Å². The number of halogens is 6. The van der Waals surface area contributed by atoms with Crippen molar-refractivity contribution < 1.29 is 46.1 Å². The van der Waals surface area contributed by atoms with Crippen molar-refractivity contribution >= 4 is 12.0 Å². The average molecular weight is 344 g/mol. The van der Waals surface area contributed by atoms with E-state index in [9.17, 15) is 36.2 Å². The van der Waals surface area contributed by atoms with Crippen molar-refractivity contribution in [3.63, 3.8) is 0 Å². The Bertz CT molecular complexity index is 604. The quantitative estimate of drug-likeness (QED) is 0.651. The summed E-state index contributed by atoms with van der Waals surface area (Å²) in [5, 5.41) is 17.7. The van der Waals surface area contributed by atoms with Crippen LogP contribution in [0.3, 0.4) is 0 Å². The Hall–Kier alpha value is -2.23. The van der Waals surface area contributed by atoms with Crippen LogP contribution < -0.4 is 4.74 Å². The second-order valence-corrected chi connectivity index (χ2v) is 4.33. The minimum atomic E-state index is -6.02. The Morgan fingerprint density at radius 3 is 2.04 bits per heavy atom. The van der Waals surface area contributed by atoms with Crippen LogP contribution in [0.15, 0.2) is 24.3 Å². The topological polar surface area (TPSA) is 66.8 Å². The summed E-state index contributed by atoms with van der Waals surface area (Å²) in [6.07, 6.45) is -10.5. The van der Waals surface area contributed by atoms with E-state index in [0.29, 0.717) is 18.2 Å². The van der Waals surface area contributed by atoms with Crippen molar-refractivity contribution in [3.8, 4) is 5.75 Å². The lowest BCUT2D eigenvalue weighted by Gasteiger charge is -2.32. The van der Waals surface area contributed by atoms with E-state index in [2.05, 4.69) is 4.74 Å². The van der Waals surface area contributed by atoms with Crippen LogP contribution in [0.2, 0.25) is 0 Å². The van der Waals surface area contributed by atoms with Gasteiger partial charge < -0.3 is 14.9 Å². The fourth-order valence-corrected chi connectivity index (χ4v) is 1.72. The SMILES string of the molecule is COc1cc(C(O)(C(F)(F)F)C(F)(F)F)ccc1C=CC(=O)O. The van der Waals surface area contributed by atoms with Gasteiger partial charge in [-0.05, 0) is 12.1 Å². The first-order valence-electron chi connectivity index (χ1n) is 5.80. The Morgan fingerprint density at radius 2 is 1.65 bits per heavy atom. The van der Waals surface area contributed by atoms with Crippen LogP contribution in [0.1, 0.15) is 11.1 Å². The third kappa shape index (κ3) is 3.58. The molecule has 0 aliphatic carbocycles. The highest BCUT2D eigenvalue weighted by atomic mass is 19.4. The molecule has 23 heavy (non-hydrogen) atoms. The molecular weight excluding hydrogens is 334 g/mol. The number of aliphatic hydroxyl groups is 1. The minimum absolute atomic E-state index is 0.0784. The molecule has 0 radical (unpaired) electrons. The third-order valence-corrected chi connectivity index (χ3v) is 2.88. The number of carboxylic acid groups (broad SMARTS) is 1. The van der Waals surface area contributed by atoms with Crippen LogP contribution in [0.25, 0.3) is 6.08 Å². The number of hydrogen-bond acceptors (Lipinski definition) is 3. The van der Waals surface area contributed by atoms with E-state index < -0.39 is 35.2 Å². The van der Waals surface area contributed by atoms with Gasteiger partial charge in [-0.2, -0.15) is 26.3 Å². The summed E-state index contributed by atoms with van der Waals surface area (Å²) < 4.78 is 81.3. The molecule has 0 saturated heterocycles. The molecule has 0 atom stereocenters. The maximum Gasteiger partial charge on any atom is 0.430 e. The molecule has 0 bridgehead atoms. The van der Waals surface area contributed by atoms with E-state index >= 15 is 0 Å². The van der Waals surface area contributed by atoms with E-state index in [-0.39, 0.29) is 5.56 Å². The van der Waals surface area contributed by atoms with Crippen molar-refractivity contribution in [2.24, 2.45) is 0 Å². The number of ether oxygens (including phenoxy) is 1. The Balaban J connectivity index is 3.51. The molecule has 10 heteroatoms. The Kier molecular flexibility index (Phi) is 5.00. The molecule has 128 valence electrons. The second-order valence-electron chi connectivity index (χ2n) is 4.33. The molecule has 0 spiro atoms. The molecule has 1 aromatic rings. The van der Waals surface area contributed by atoms with Gasteiger partial charge in [0.1, 0.15) is 5.75 Å². The highest BCUT2D eigenvalue weighted by Crippen LogP contribution is 2.50. The zero-order valence-corrected chi connectivity index (χ0v) is 11.4. The van der Waals surface area contributed by atoms with Crippen LogP contribution >= 0.6 is 0 Å². The predicted molar refractivity (Wildman–Crippen MR) is 65.7 cm³/mol. The lowest BCUT2D eigenvalue weighted by Crippen LogP contribution is -2.53. The Labute approximate surface area is 125 Å². The predicted octanol–water partition coefficient (Wildman–Crippen LogP) is 3.11. The number of aliphatic carboxylic acids is 1. The van der Waals surface area contributed by atoms with Gasteiger partial charge in [-0.15, -0.1) is 0 Å². The van der Waals surface area contributed by atoms with Crippen LogP contribution in [0, 0.1) is 0 Å². The summed E-state index contributed by atoms with van der Waals surface area (Å²) >= 11 is 0. The molecule has 0 heterocycles. The van der Waals surface area contributed by atoms with Gasteiger partial charge in [0.15, 0.2) is 0 Å². The lowest BCUT2D eigenvalue weighted by molar-refractivity contribution is -0.376. The van der Waals surface area contributed by atoms with Gasteiger partial charge in [-0.3, -0.25) is 0 Å². The molecule has 0 fully saturated rings. The standard InChI is InChI=1S/C13H10F6O4/c1-23-9-6-8(4-2-7(9)3-5-10(20)21)11(22,12(14,15)16)13(17,18)19/h2-6,22H,1H3,(H,20,21). The largest absolute Gasteiger partial charge is 0.496 e. The minimum Gasteiger partial charge on any atom is -0.496 e. The molecule has 0 aliphatic heterocycles. The van der Waals surface area contributed by atoms with Crippen LogP contribution in [-0.4, -0.2) is 35.6 Å². The molecule has 2 N–H and O–H groups in total. The highest BCUT2D eigenvalue weighted by molar-refractivity contribution is 5.85. The number of carboxylic acids is 1. The van der Waals surface area contributed by atoms with Crippen LogP contribution in [0.5, 0.6) is 5.75 Å². The van der Waals surface area contributed by atoms with Gasteiger partial charge in [-0.1, -0.05) is 12.1 Å². The van der Waals surface area contributed by atoms with E-state index in [4.69, 9.17) is 5.11 Å². The molecular formula is C13H10F6O4.